The lowest BCUT2D eigenvalue weighted by Gasteiger charge is -2.13. The second-order valence-electron chi connectivity index (χ2n) is 5.78. The summed E-state index contributed by atoms with van der Waals surface area (Å²) in [7, 11) is 0. The van der Waals surface area contributed by atoms with Gasteiger partial charge in [-0.05, 0) is 56.0 Å². The Labute approximate surface area is 125 Å². The molecule has 0 spiro atoms. The molecule has 2 aromatic rings. The standard InChI is InChI=1S/C18H20N2O/c1-11-8-12(2)17(13(3)9-11)20-18(21)15-5-4-14-6-7-19-16(14)10-15/h4-5,8-10,19H,6-7H2,1-3H3,(H,20,21). The molecule has 0 radical (unpaired) electrons. The van der Waals surface area contributed by atoms with Crippen molar-refractivity contribution in [3.8, 4) is 0 Å². The lowest BCUT2D eigenvalue weighted by molar-refractivity contribution is 0.102. The van der Waals surface area contributed by atoms with E-state index in [1.165, 1.54) is 11.1 Å². The second kappa shape index (κ2) is 5.24. The van der Waals surface area contributed by atoms with Crippen LogP contribution < -0.4 is 10.6 Å². The van der Waals surface area contributed by atoms with E-state index in [0.717, 1.165) is 35.5 Å². The molecule has 21 heavy (non-hydrogen) atoms. The Kier molecular flexibility index (Phi) is 3.42. The van der Waals surface area contributed by atoms with Crippen molar-refractivity contribution in [2.75, 3.05) is 17.2 Å². The highest BCUT2D eigenvalue weighted by atomic mass is 16.1. The molecular weight excluding hydrogens is 260 g/mol. The van der Waals surface area contributed by atoms with Crippen LogP contribution in [0.1, 0.15) is 32.6 Å². The summed E-state index contributed by atoms with van der Waals surface area (Å²) in [6.07, 6.45) is 1.04. The number of fused-ring (bicyclic) bond motifs is 1. The highest BCUT2D eigenvalue weighted by molar-refractivity contribution is 6.05. The minimum absolute atomic E-state index is 0.0541. The monoisotopic (exact) mass is 280 g/mol. The molecule has 3 heteroatoms. The number of aryl methyl sites for hydroxylation is 3. The van der Waals surface area contributed by atoms with Gasteiger partial charge in [0.05, 0.1) is 0 Å². The largest absolute Gasteiger partial charge is 0.384 e. The molecule has 0 aromatic heterocycles. The van der Waals surface area contributed by atoms with Gasteiger partial charge in [-0.3, -0.25) is 4.79 Å². The zero-order valence-electron chi connectivity index (χ0n) is 12.7. The summed E-state index contributed by atoms with van der Waals surface area (Å²) in [6, 6.07) is 10.1. The van der Waals surface area contributed by atoms with E-state index in [9.17, 15) is 4.79 Å². The molecule has 0 saturated heterocycles. The van der Waals surface area contributed by atoms with Crippen molar-refractivity contribution in [1.29, 1.82) is 0 Å². The van der Waals surface area contributed by atoms with Gasteiger partial charge >= 0.3 is 0 Å². The van der Waals surface area contributed by atoms with E-state index in [0.29, 0.717) is 5.56 Å². The normalized spacial score (nSPS) is 12.7. The van der Waals surface area contributed by atoms with Gasteiger partial charge in [0.25, 0.3) is 5.91 Å². The minimum atomic E-state index is -0.0541. The molecule has 0 bridgehead atoms. The van der Waals surface area contributed by atoms with Gasteiger partial charge in [-0.25, -0.2) is 0 Å². The lowest BCUT2D eigenvalue weighted by atomic mass is 10.0. The fraction of sp³-hybridized carbons (Fsp3) is 0.278. The van der Waals surface area contributed by atoms with Crippen molar-refractivity contribution >= 4 is 17.3 Å². The molecule has 2 aromatic carbocycles. The Bertz CT molecular complexity index is 696. The molecule has 0 fully saturated rings. The fourth-order valence-electron chi connectivity index (χ4n) is 2.99. The smallest absolute Gasteiger partial charge is 0.255 e. The maximum Gasteiger partial charge on any atom is 0.255 e. The van der Waals surface area contributed by atoms with Crippen molar-refractivity contribution in [2.45, 2.75) is 27.2 Å². The predicted molar refractivity (Wildman–Crippen MR) is 87.2 cm³/mol. The van der Waals surface area contributed by atoms with Crippen LogP contribution in [0.2, 0.25) is 0 Å². The van der Waals surface area contributed by atoms with Gasteiger partial charge in [0, 0.05) is 23.5 Å². The van der Waals surface area contributed by atoms with E-state index in [1.807, 2.05) is 32.0 Å². The first-order chi connectivity index (χ1) is 10.0. The van der Waals surface area contributed by atoms with E-state index in [1.54, 1.807) is 0 Å². The summed E-state index contributed by atoms with van der Waals surface area (Å²) in [5.74, 6) is -0.0541. The van der Waals surface area contributed by atoms with Gasteiger partial charge in [-0.2, -0.15) is 0 Å². The van der Waals surface area contributed by atoms with E-state index >= 15 is 0 Å². The quantitative estimate of drug-likeness (QED) is 0.877. The molecule has 1 aliphatic heterocycles. The number of hydrogen-bond acceptors (Lipinski definition) is 2. The van der Waals surface area contributed by atoms with Gasteiger partial charge in [0.15, 0.2) is 0 Å². The van der Waals surface area contributed by atoms with Gasteiger partial charge < -0.3 is 10.6 Å². The molecule has 1 aliphatic rings. The van der Waals surface area contributed by atoms with Crippen LogP contribution in [0.3, 0.4) is 0 Å². The number of rotatable bonds is 2. The highest BCUT2D eigenvalue weighted by Gasteiger charge is 2.15. The Balaban J connectivity index is 1.87. The zero-order valence-corrected chi connectivity index (χ0v) is 12.7. The summed E-state index contributed by atoms with van der Waals surface area (Å²) >= 11 is 0. The van der Waals surface area contributed by atoms with Crippen LogP contribution in [-0.4, -0.2) is 12.5 Å². The van der Waals surface area contributed by atoms with Crippen molar-refractivity contribution < 1.29 is 4.79 Å². The Hall–Kier alpha value is -2.29. The Morgan fingerprint density at radius 3 is 2.52 bits per heavy atom. The first-order valence-electron chi connectivity index (χ1n) is 7.30. The van der Waals surface area contributed by atoms with E-state index in [4.69, 9.17) is 0 Å². The molecule has 3 rings (SSSR count). The minimum Gasteiger partial charge on any atom is -0.384 e. The van der Waals surface area contributed by atoms with Crippen molar-refractivity contribution in [1.82, 2.24) is 0 Å². The third-order valence-electron chi connectivity index (χ3n) is 4.00. The van der Waals surface area contributed by atoms with Crippen LogP contribution in [0.15, 0.2) is 30.3 Å². The molecule has 108 valence electrons. The molecule has 0 saturated carbocycles. The highest BCUT2D eigenvalue weighted by Crippen LogP contribution is 2.25. The molecule has 1 heterocycles. The lowest BCUT2D eigenvalue weighted by Crippen LogP contribution is -2.14. The molecule has 0 unspecified atom stereocenters. The van der Waals surface area contributed by atoms with Crippen LogP contribution in [0.5, 0.6) is 0 Å². The molecule has 0 atom stereocenters. The summed E-state index contributed by atoms with van der Waals surface area (Å²) in [6.45, 7) is 7.08. The summed E-state index contributed by atoms with van der Waals surface area (Å²) in [5.41, 5.74) is 7.39. The maximum atomic E-state index is 12.5. The van der Waals surface area contributed by atoms with Gasteiger partial charge in [-0.1, -0.05) is 23.8 Å². The van der Waals surface area contributed by atoms with Crippen LogP contribution in [0.25, 0.3) is 0 Å². The van der Waals surface area contributed by atoms with Gasteiger partial charge in [0.1, 0.15) is 0 Å². The molecule has 2 N–H and O–H groups in total. The van der Waals surface area contributed by atoms with Gasteiger partial charge in [-0.15, -0.1) is 0 Å². The first kappa shape index (κ1) is 13.7. The number of amides is 1. The van der Waals surface area contributed by atoms with Crippen LogP contribution in [-0.2, 0) is 6.42 Å². The van der Waals surface area contributed by atoms with E-state index in [-0.39, 0.29) is 5.91 Å². The molecule has 1 amide bonds. The number of nitrogens with one attached hydrogen (secondary N) is 2. The van der Waals surface area contributed by atoms with Crippen molar-refractivity contribution in [2.24, 2.45) is 0 Å². The van der Waals surface area contributed by atoms with E-state index in [2.05, 4.69) is 29.7 Å². The average molecular weight is 280 g/mol. The molecule has 0 aliphatic carbocycles. The molecule has 3 nitrogen and oxygen atoms in total. The van der Waals surface area contributed by atoms with Crippen molar-refractivity contribution in [3.05, 3.63) is 58.1 Å². The number of carbonyl (C=O) groups excluding carboxylic acids is 1. The fourth-order valence-corrected chi connectivity index (χ4v) is 2.99. The first-order valence-corrected chi connectivity index (χ1v) is 7.30. The van der Waals surface area contributed by atoms with Crippen LogP contribution in [0.4, 0.5) is 11.4 Å². The Morgan fingerprint density at radius 1 is 1.10 bits per heavy atom. The third kappa shape index (κ3) is 2.64. The van der Waals surface area contributed by atoms with Crippen LogP contribution in [0, 0.1) is 20.8 Å². The number of carbonyl (C=O) groups is 1. The predicted octanol–water partition coefficient (Wildman–Crippen LogP) is 3.83. The van der Waals surface area contributed by atoms with E-state index < -0.39 is 0 Å². The van der Waals surface area contributed by atoms with Crippen LogP contribution >= 0.6 is 0 Å². The SMILES string of the molecule is Cc1cc(C)c(NC(=O)c2ccc3c(c2)NCC3)c(C)c1. The zero-order chi connectivity index (χ0) is 15.0. The summed E-state index contributed by atoms with van der Waals surface area (Å²) in [5, 5.41) is 6.36. The molecular formula is C18H20N2O. The average Bonchev–Trinajstić information content (AvgIpc) is 2.89. The maximum absolute atomic E-state index is 12.5. The number of hydrogen-bond donors (Lipinski definition) is 2. The third-order valence-corrected chi connectivity index (χ3v) is 4.00. The summed E-state index contributed by atoms with van der Waals surface area (Å²) in [4.78, 5) is 12.5. The van der Waals surface area contributed by atoms with Gasteiger partial charge in [0.2, 0.25) is 0 Å². The summed E-state index contributed by atoms with van der Waals surface area (Å²) < 4.78 is 0. The topological polar surface area (TPSA) is 41.1 Å². The number of anilines is 2. The Morgan fingerprint density at radius 2 is 1.81 bits per heavy atom. The second-order valence-corrected chi connectivity index (χ2v) is 5.78. The number of benzene rings is 2. The van der Waals surface area contributed by atoms with Crippen molar-refractivity contribution in [3.63, 3.8) is 0 Å².